The van der Waals surface area contributed by atoms with Crippen molar-refractivity contribution in [3.8, 4) is 5.75 Å². The van der Waals surface area contributed by atoms with Crippen LogP contribution < -0.4 is 10.5 Å². The van der Waals surface area contributed by atoms with E-state index in [1.165, 1.54) is 0 Å². The topological polar surface area (TPSA) is 98.9 Å². The second-order valence-corrected chi connectivity index (χ2v) is 5.63. The van der Waals surface area contributed by atoms with E-state index in [2.05, 4.69) is 0 Å². The number of carbonyl (C=O) groups excluding carboxylic acids is 1. The van der Waals surface area contributed by atoms with Gasteiger partial charge in [0.25, 0.3) is 0 Å². The first-order chi connectivity index (χ1) is 10.9. The maximum absolute atomic E-state index is 11.9. The number of anilines is 1. The number of nitrogen functional groups attached to an aromatic ring is 1. The largest absolute Gasteiger partial charge is 0.496 e. The zero-order valence-electron chi connectivity index (χ0n) is 13.6. The van der Waals surface area contributed by atoms with Crippen LogP contribution in [0.5, 0.6) is 5.75 Å². The summed E-state index contributed by atoms with van der Waals surface area (Å²) in [7, 11) is 1.57. The first-order valence-electron chi connectivity index (χ1n) is 7.39. The summed E-state index contributed by atoms with van der Waals surface area (Å²) in [6, 6.07) is 0. The van der Waals surface area contributed by atoms with Crippen LogP contribution in [0.2, 0.25) is 0 Å². The van der Waals surface area contributed by atoms with Crippen LogP contribution in [0.25, 0.3) is 0 Å². The standard InChI is InChI=1S/C17H21NO5/c1-9(5-7-13(19)20)4-6-11-15(18)14-12(8-23-17(14)21)10(2)16(11)22-3/h4H,5-8,18H2,1-3H3,(H,19,20). The number of esters is 1. The van der Waals surface area contributed by atoms with Gasteiger partial charge in [-0.25, -0.2) is 4.79 Å². The molecule has 2 rings (SSSR count). The first-order valence-corrected chi connectivity index (χ1v) is 7.39. The van der Waals surface area contributed by atoms with Crippen LogP contribution in [0, 0.1) is 6.92 Å². The number of nitrogens with two attached hydrogens (primary N) is 1. The van der Waals surface area contributed by atoms with Gasteiger partial charge in [0.15, 0.2) is 0 Å². The van der Waals surface area contributed by atoms with E-state index >= 15 is 0 Å². The fraction of sp³-hybridized carbons (Fsp3) is 0.412. The zero-order valence-corrected chi connectivity index (χ0v) is 13.6. The maximum Gasteiger partial charge on any atom is 0.341 e. The summed E-state index contributed by atoms with van der Waals surface area (Å²) >= 11 is 0. The Balaban J connectivity index is 2.37. The lowest BCUT2D eigenvalue weighted by Crippen LogP contribution is -2.08. The number of carboxylic acid groups (broad SMARTS) is 1. The molecule has 1 aromatic carbocycles. The number of aliphatic carboxylic acids is 1. The molecule has 0 spiro atoms. The number of fused-ring (bicyclic) bond motifs is 1. The summed E-state index contributed by atoms with van der Waals surface area (Å²) in [5.41, 5.74) is 10.3. The van der Waals surface area contributed by atoms with E-state index in [4.69, 9.17) is 20.3 Å². The molecule has 124 valence electrons. The molecule has 0 bridgehead atoms. The Labute approximate surface area is 134 Å². The van der Waals surface area contributed by atoms with Crippen molar-refractivity contribution in [2.24, 2.45) is 0 Å². The second kappa shape index (κ2) is 6.73. The lowest BCUT2D eigenvalue weighted by atomic mass is 9.94. The Morgan fingerprint density at radius 3 is 2.74 bits per heavy atom. The number of cyclic esters (lactones) is 1. The van der Waals surface area contributed by atoms with Gasteiger partial charge < -0.3 is 20.3 Å². The lowest BCUT2D eigenvalue weighted by Gasteiger charge is -2.16. The molecule has 0 unspecified atom stereocenters. The minimum absolute atomic E-state index is 0.0878. The number of allylic oxidation sites excluding steroid dienone is 2. The number of carbonyl (C=O) groups is 2. The van der Waals surface area contributed by atoms with Crippen molar-refractivity contribution in [1.82, 2.24) is 0 Å². The van der Waals surface area contributed by atoms with Crippen molar-refractivity contribution < 1.29 is 24.2 Å². The quantitative estimate of drug-likeness (QED) is 0.475. The van der Waals surface area contributed by atoms with Crippen LogP contribution in [0.4, 0.5) is 5.69 Å². The van der Waals surface area contributed by atoms with Crippen molar-refractivity contribution in [2.45, 2.75) is 39.7 Å². The summed E-state index contributed by atoms with van der Waals surface area (Å²) < 4.78 is 10.6. The van der Waals surface area contributed by atoms with Crippen LogP contribution >= 0.6 is 0 Å². The van der Waals surface area contributed by atoms with E-state index in [0.717, 1.165) is 22.3 Å². The van der Waals surface area contributed by atoms with Crippen molar-refractivity contribution >= 4 is 17.6 Å². The fourth-order valence-electron chi connectivity index (χ4n) is 2.77. The van der Waals surface area contributed by atoms with Crippen LogP contribution in [0.3, 0.4) is 0 Å². The molecular weight excluding hydrogens is 298 g/mol. The summed E-state index contributed by atoms with van der Waals surface area (Å²) in [6.45, 7) is 3.97. The summed E-state index contributed by atoms with van der Waals surface area (Å²) in [6.07, 6.45) is 2.96. The number of carboxylic acids is 1. The zero-order chi connectivity index (χ0) is 17.1. The molecule has 0 aromatic heterocycles. The molecule has 0 fully saturated rings. The monoisotopic (exact) mass is 319 g/mol. The number of hydrogen-bond acceptors (Lipinski definition) is 5. The van der Waals surface area contributed by atoms with Gasteiger partial charge in [0.2, 0.25) is 0 Å². The van der Waals surface area contributed by atoms with E-state index < -0.39 is 11.9 Å². The molecular formula is C17H21NO5. The Bertz CT molecular complexity index is 691. The third kappa shape index (κ3) is 3.31. The third-order valence-corrected chi connectivity index (χ3v) is 4.11. The fourth-order valence-corrected chi connectivity index (χ4v) is 2.77. The molecule has 0 radical (unpaired) electrons. The van der Waals surface area contributed by atoms with Gasteiger partial charge in [-0.1, -0.05) is 11.6 Å². The highest BCUT2D eigenvalue weighted by molar-refractivity contribution is 6.00. The van der Waals surface area contributed by atoms with Crippen LogP contribution in [0.15, 0.2) is 11.6 Å². The minimum atomic E-state index is -0.828. The summed E-state index contributed by atoms with van der Waals surface area (Å²) in [5.74, 6) is -0.580. The van der Waals surface area contributed by atoms with Gasteiger partial charge >= 0.3 is 11.9 Å². The number of benzene rings is 1. The molecule has 0 aliphatic carbocycles. The molecule has 3 N–H and O–H groups in total. The van der Waals surface area contributed by atoms with Gasteiger partial charge in [0.05, 0.1) is 18.4 Å². The van der Waals surface area contributed by atoms with Crippen LogP contribution in [-0.2, 0) is 22.6 Å². The van der Waals surface area contributed by atoms with Gasteiger partial charge in [-0.2, -0.15) is 0 Å². The number of rotatable bonds is 6. The number of methoxy groups -OCH3 is 1. The van der Waals surface area contributed by atoms with E-state index in [9.17, 15) is 9.59 Å². The average Bonchev–Trinajstić information content (AvgIpc) is 2.89. The molecule has 1 aromatic rings. The molecule has 0 saturated carbocycles. The van der Waals surface area contributed by atoms with E-state index in [1.807, 2.05) is 19.9 Å². The van der Waals surface area contributed by atoms with Gasteiger partial charge in [0, 0.05) is 17.5 Å². The second-order valence-electron chi connectivity index (χ2n) is 5.63. The molecule has 0 saturated heterocycles. The van der Waals surface area contributed by atoms with Crippen LogP contribution in [0.1, 0.15) is 46.8 Å². The molecule has 1 heterocycles. The maximum atomic E-state index is 11.9. The molecule has 6 nitrogen and oxygen atoms in total. The molecule has 23 heavy (non-hydrogen) atoms. The number of ether oxygens (including phenoxy) is 2. The molecule has 1 aliphatic rings. The highest BCUT2D eigenvalue weighted by Crippen LogP contribution is 2.39. The molecule has 0 amide bonds. The van der Waals surface area contributed by atoms with Gasteiger partial charge in [-0.15, -0.1) is 0 Å². The highest BCUT2D eigenvalue weighted by Gasteiger charge is 2.30. The predicted molar refractivity (Wildman–Crippen MR) is 85.6 cm³/mol. The van der Waals surface area contributed by atoms with Crippen molar-refractivity contribution in [2.75, 3.05) is 12.8 Å². The Morgan fingerprint density at radius 1 is 1.43 bits per heavy atom. The third-order valence-electron chi connectivity index (χ3n) is 4.11. The van der Waals surface area contributed by atoms with Crippen molar-refractivity contribution in [3.05, 3.63) is 33.9 Å². The van der Waals surface area contributed by atoms with E-state index in [0.29, 0.717) is 29.8 Å². The first kappa shape index (κ1) is 16.9. The Kier molecular flexibility index (Phi) is 4.93. The van der Waals surface area contributed by atoms with E-state index in [-0.39, 0.29) is 13.0 Å². The normalized spacial score (nSPS) is 13.7. The SMILES string of the molecule is COc1c(C)c2c(c(N)c1CC=C(C)CCC(=O)O)C(=O)OC2. The van der Waals surface area contributed by atoms with Gasteiger partial charge in [-0.05, 0) is 32.3 Å². The Morgan fingerprint density at radius 2 is 2.13 bits per heavy atom. The minimum Gasteiger partial charge on any atom is -0.496 e. The summed E-state index contributed by atoms with van der Waals surface area (Å²) in [4.78, 5) is 22.5. The van der Waals surface area contributed by atoms with Crippen molar-refractivity contribution in [3.63, 3.8) is 0 Å². The van der Waals surface area contributed by atoms with E-state index in [1.54, 1.807) is 7.11 Å². The highest BCUT2D eigenvalue weighted by atomic mass is 16.5. The summed E-state index contributed by atoms with van der Waals surface area (Å²) in [5, 5.41) is 8.73. The molecule has 0 atom stereocenters. The smallest absolute Gasteiger partial charge is 0.341 e. The molecule has 6 heteroatoms. The van der Waals surface area contributed by atoms with Crippen molar-refractivity contribution in [1.29, 1.82) is 0 Å². The predicted octanol–water partition coefficient (Wildman–Crippen LogP) is 2.61. The molecule has 1 aliphatic heterocycles. The average molecular weight is 319 g/mol. The van der Waals surface area contributed by atoms with Crippen LogP contribution in [-0.4, -0.2) is 24.2 Å². The Hall–Kier alpha value is -2.50. The number of hydrogen-bond donors (Lipinski definition) is 2. The van der Waals surface area contributed by atoms with Gasteiger partial charge in [-0.3, -0.25) is 4.79 Å². The van der Waals surface area contributed by atoms with Gasteiger partial charge in [0.1, 0.15) is 12.4 Å². The lowest BCUT2D eigenvalue weighted by molar-refractivity contribution is -0.136.